The van der Waals surface area contributed by atoms with Crippen molar-refractivity contribution >= 4 is 32.7 Å². The lowest BCUT2D eigenvalue weighted by Crippen LogP contribution is -2.34. The van der Waals surface area contributed by atoms with E-state index < -0.39 is 0 Å². The summed E-state index contributed by atoms with van der Waals surface area (Å²) < 4.78 is 0.952. The van der Waals surface area contributed by atoms with Gasteiger partial charge < -0.3 is 5.32 Å². The van der Waals surface area contributed by atoms with Crippen molar-refractivity contribution in [1.82, 2.24) is 10.3 Å². The molecule has 144 valence electrons. The SMILES string of the molecule is Cc1ccc(-c2cc(C(=O)NC3CCCCCC3)c3cc(Br)ccc3n2)cc1. The van der Waals surface area contributed by atoms with E-state index in [1.165, 1.54) is 31.2 Å². The van der Waals surface area contributed by atoms with Gasteiger partial charge in [0.25, 0.3) is 5.91 Å². The topological polar surface area (TPSA) is 42.0 Å². The molecule has 0 spiro atoms. The summed E-state index contributed by atoms with van der Waals surface area (Å²) in [6.07, 6.45) is 7.08. The van der Waals surface area contributed by atoms with E-state index in [9.17, 15) is 4.79 Å². The molecule has 0 atom stereocenters. The molecule has 0 unspecified atom stereocenters. The number of fused-ring (bicyclic) bond motifs is 1. The van der Waals surface area contributed by atoms with Crippen LogP contribution in [0.3, 0.4) is 0 Å². The van der Waals surface area contributed by atoms with Crippen LogP contribution in [-0.2, 0) is 0 Å². The highest BCUT2D eigenvalue weighted by Crippen LogP contribution is 2.28. The van der Waals surface area contributed by atoms with Crippen molar-refractivity contribution in [3.63, 3.8) is 0 Å². The minimum Gasteiger partial charge on any atom is -0.349 e. The van der Waals surface area contributed by atoms with Gasteiger partial charge in [0, 0.05) is 21.5 Å². The monoisotopic (exact) mass is 436 g/mol. The number of aromatic nitrogens is 1. The number of hydrogen-bond donors (Lipinski definition) is 1. The average molecular weight is 437 g/mol. The van der Waals surface area contributed by atoms with Crippen LogP contribution >= 0.6 is 15.9 Å². The molecule has 1 fully saturated rings. The summed E-state index contributed by atoms with van der Waals surface area (Å²) >= 11 is 3.54. The fourth-order valence-electron chi connectivity index (χ4n) is 3.94. The highest BCUT2D eigenvalue weighted by molar-refractivity contribution is 9.10. The van der Waals surface area contributed by atoms with Gasteiger partial charge in [0.05, 0.1) is 16.8 Å². The van der Waals surface area contributed by atoms with Crippen molar-refractivity contribution in [2.75, 3.05) is 0 Å². The van der Waals surface area contributed by atoms with Crippen LogP contribution in [0.4, 0.5) is 0 Å². The Morgan fingerprint density at radius 3 is 2.43 bits per heavy atom. The number of nitrogens with zero attached hydrogens (tertiary/aromatic N) is 1. The van der Waals surface area contributed by atoms with Crippen LogP contribution in [0.15, 0.2) is 53.0 Å². The van der Waals surface area contributed by atoms with E-state index in [4.69, 9.17) is 4.98 Å². The normalized spacial score (nSPS) is 15.4. The third kappa shape index (κ3) is 4.27. The molecule has 1 heterocycles. The van der Waals surface area contributed by atoms with E-state index in [1.54, 1.807) is 0 Å². The zero-order valence-corrected chi connectivity index (χ0v) is 17.8. The number of aryl methyl sites for hydroxylation is 1. The molecule has 1 aliphatic rings. The lowest BCUT2D eigenvalue weighted by molar-refractivity contribution is 0.0935. The molecule has 1 amide bonds. The van der Waals surface area contributed by atoms with Gasteiger partial charge in [-0.1, -0.05) is 71.4 Å². The number of carbonyl (C=O) groups is 1. The molecule has 2 aromatic carbocycles. The zero-order valence-electron chi connectivity index (χ0n) is 16.2. The number of benzene rings is 2. The van der Waals surface area contributed by atoms with E-state index in [2.05, 4.69) is 52.4 Å². The summed E-state index contributed by atoms with van der Waals surface area (Å²) in [7, 11) is 0. The van der Waals surface area contributed by atoms with Crippen LogP contribution in [0.1, 0.15) is 54.4 Å². The van der Waals surface area contributed by atoms with Crippen LogP contribution in [-0.4, -0.2) is 16.9 Å². The van der Waals surface area contributed by atoms with Crippen LogP contribution in [0.25, 0.3) is 22.2 Å². The molecule has 1 N–H and O–H groups in total. The second-order valence-electron chi connectivity index (χ2n) is 7.74. The Morgan fingerprint density at radius 2 is 1.71 bits per heavy atom. The summed E-state index contributed by atoms with van der Waals surface area (Å²) in [5, 5.41) is 4.18. The van der Waals surface area contributed by atoms with Gasteiger partial charge >= 0.3 is 0 Å². The maximum absolute atomic E-state index is 13.2. The fourth-order valence-corrected chi connectivity index (χ4v) is 4.31. The first kappa shape index (κ1) is 19.1. The average Bonchev–Trinajstić information content (AvgIpc) is 2.96. The Kier molecular flexibility index (Phi) is 5.77. The lowest BCUT2D eigenvalue weighted by atomic mass is 10.0. The van der Waals surface area contributed by atoms with Crippen LogP contribution in [0.5, 0.6) is 0 Å². The summed E-state index contributed by atoms with van der Waals surface area (Å²) in [6.45, 7) is 2.07. The molecule has 1 aromatic heterocycles. The molecule has 28 heavy (non-hydrogen) atoms. The standard InChI is InChI=1S/C24H25BrN2O/c1-16-8-10-17(11-9-16)23-15-21(20-14-18(25)12-13-22(20)27-23)24(28)26-19-6-4-2-3-5-7-19/h8-15,19H,2-7H2,1H3,(H,26,28). The maximum atomic E-state index is 13.2. The van der Waals surface area contributed by atoms with Crippen LogP contribution in [0, 0.1) is 6.92 Å². The Morgan fingerprint density at radius 1 is 1.00 bits per heavy atom. The summed E-state index contributed by atoms with van der Waals surface area (Å²) in [4.78, 5) is 18.1. The van der Waals surface area contributed by atoms with E-state index in [1.807, 2.05) is 24.3 Å². The quantitative estimate of drug-likeness (QED) is 0.480. The summed E-state index contributed by atoms with van der Waals surface area (Å²) in [5.41, 5.74) is 4.61. The Bertz CT molecular complexity index is 989. The van der Waals surface area contributed by atoms with Gasteiger partial charge in [-0.3, -0.25) is 4.79 Å². The molecule has 3 nitrogen and oxygen atoms in total. The molecule has 0 bridgehead atoms. The molecular weight excluding hydrogens is 412 g/mol. The first-order valence-corrected chi connectivity index (χ1v) is 10.9. The van der Waals surface area contributed by atoms with Gasteiger partial charge in [-0.05, 0) is 44.0 Å². The smallest absolute Gasteiger partial charge is 0.252 e. The Balaban J connectivity index is 1.74. The molecule has 0 aliphatic heterocycles. The predicted octanol–water partition coefficient (Wildman–Crippen LogP) is 6.43. The summed E-state index contributed by atoms with van der Waals surface area (Å²) in [5.74, 6) is 0.00533. The van der Waals surface area contributed by atoms with E-state index >= 15 is 0 Å². The van der Waals surface area contributed by atoms with Crippen molar-refractivity contribution in [2.45, 2.75) is 51.5 Å². The number of amides is 1. The van der Waals surface area contributed by atoms with E-state index in [0.29, 0.717) is 5.56 Å². The fraction of sp³-hybridized carbons (Fsp3) is 0.333. The highest BCUT2D eigenvalue weighted by Gasteiger charge is 2.19. The third-order valence-corrected chi connectivity index (χ3v) is 6.05. The molecule has 4 rings (SSSR count). The molecule has 1 saturated carbocycles. The highest BCUT2D eigenvalue weighted by atomic mass is 79.9. The predicted molar refractivity (Wildman–Crippen MR) is 119 cm³/mol. The Hall–Kier alpha value is -2.20. The number of hydrogen-bond acceptors (Lipinski definition) is 2. The number of halogens is 1. The first-order chi connectivity index (χ1) is 13.6. The third-order valence-electron chi connectivity index (χ3n) is 5.55. The van der Waals surface area contributed by atoms with Gasteiger partial charge in [-0.25, -0.2) is 4.98 Å². The largest absolute Gasteiger partial charge is 0.349 e. The number of nitrogens with one attached hydrogen (secondary N) is 1. The number of rotatable bonds is 3. The first-order valence-electron chi connectivity index (χ1n) is 10.1. The van der Waals surface area contributed by atoms with Gasteiger partial charge in [0.2, 0.25) is 0 Å². The second-order valence-corrected chi connectivity index (χ2v) is 8.66. The van der Waals surface area contributed by atoms with Crippen molar-refractivity contribution in [3.05, 3.63) is 64.1 Å². The Labute approximate surface area is 174 Å². The van der Waals surface area contributed by atoms with Gasteiger partial charge in [0.1, 0.15) is 0 Å². The van der Waals surface area contributed by atoms with E-state index in [0.717, 1.165) is 39.5 Å². The summed E-state index contributed by atoms with van der Waals surface area (Å²) in [6, 6.07) is 16.4. The van der Waals surface area contributed by atoms with Crippen LogP contribution < -0.4 is 5.32 Å². The van der Waals surface area contributed by atoms with Crippen molar-refractivity contribution in [3.8, 4) is 11.3 Å². The molecule has 1 aliphatic carbocycles. The molecule has 0 saturated heterocycles. The molecule has 4 heteroatoms. The molecule has 0 radical (unpaired) electrons. The van der Waals surface area contributed by atoms with Crippen LogP contribution in [0.2, 0.25) is 0 Å². The lowest BCUT2D eigenvalue weighted by Gasteiger charge is -2.17. The zero-order chi connectivity index (χ0) is 19.5. The van der Waals surface area contributed by atoms with Crippen molar-refractivity contribution < 1.29 is 4.79 Å². The van der Waals surface area contributed by atoms with Gasteiger partial charge in [-0.2, -0.15) is 0 Å². The van der Waals surface area contributed by atoms with Crippen molar-refractivity contribution in [2.24, 2.45) is 0 Å². The second kappa shape index (κ2) is 8.44. The van der Waals surface area contributed by atoms with Crippen molar-refractivity contribution in [1.29, 1.82) is 0 Å². The number of carbonyl (C=O) groups excluding carboxylic acids is 1. The van der Waals surface area contributed by atoms with Gasteiger partial charge in [-0.15, -0.1) is 0 Å². The maximum Gasteiger partial charge on any atom is 0.252 e. The van der Waals surface area contributed by atoms with Gasteiger partial charge in [0.15, 0.2) is 0 Å². The van der Waals surface area contributed by atoms with E-state index in [-0.39, 0.29) is 11.9 Å². The molecular formula is C24H25BrN2O. The molecule has 3 aromatic rings. The number of pyridine rings is 1. The minimum atomic E-state index is 0.00533. The minimum absolute atomic E-state index is 0.00533.